The monoisotopic (exact) mass is 311 g/mol. The first-order valence-electron chi connectivity index (χ1n) is 6.05. The van der Waals surface area contributed by atoms with Crippen LogP contribution >= 0.6 is 15.9 Å². The van der Waals surface area contributed by atoms with Gasteiger partial charge in [0.2, 0.25) is 6.79 Å². The van der Waals surface area contributed by atoms with Crippen molar-refractivity contribution in [3.8, 4) is 11.5 Å². The summed E-state index contributed by atoms with van der Waals surface area (Å²) in [5, 5.41) is 0. The first-order valence-corrected chi connectivity index (χ1v) is 6.84. The molecule has 4 heteroatoms. The lowest BCUT2D eigenvalue weighted by molar-refractivity contribution is 0.174. The first kappa shape index (κ1) is 13.4. The van der Waals surface area contributed by atoms with Crippen LogP contribution in [0.15, 0.2) is 28.8 Å². The number of benzene rings is 1. The summed E-state index contributed by atoms with van der Waals surface area (Å²) in [6, 6.07) is 4.03. The Morgan fingerprint density at radius 3 is 2.67 bits per heavy atom. The van der Waals surface area contributed by atoms with Crippen molar-refractivity contribution in [1.82, 2.24) is 4.90 Å². The molecule has 1 heterocycles. The molecule has 1 aliphatic rings. The van der Waals surface area contributed by atoms with E-state index in [1.165, 1.54) is 11.1 Å². The number of nitrogens with zero attached hydrogens (tertiary/aromatic N) is 1. The van der Waals surface area contributed by atoms with Crippen molar-refractivity contribution in [2.75, 3.05) is 19.9 Å². The molecule has 18 heavy (non-hydrogen) atoms. The Hall–Kier alpha value is -1.00. The lowest BCUT2D eigenvalue weighted by Crippen LogP contribution is -2.24. The highest BCUT2D eigenvalue weighted by atomic mass is 79.9. The number of rotatable bonds is 5. The molecule has 0 amide bonds. The van der Waals surface area contributed by atoms with Crippen LogP contribution in [0.2, 0.25) is 0 Å². The Labute approximate surface area is 117 Å². The van der Waals surface area contributed by atoms with Crippen molar-refractivity contribution >= 4 is 15.9 Å². The molecular weight excluding hydrogens is 294 g/mol. The third-order valence-electron chi connectivity index (χ3n) is 2.88. The minimum Gasteiger partial charge on any atom is -0.454 e. The molecule has 98 valence electrons. The van der Waals surface area contributed by atoms with E-state index >= 15 is 0 Å². The van der Waals surface area contributed by atoms with E-state index in [0.717, 1.165) is 35.6 Å². The topological polar surface area (TPSA) is 21.7 Å². The molecule has 0 unspecified atom stereocenters. The second-order valence-corrected chi connectivity index (χ2v) is 5.41. The Balaban J connectivity index is 2.15. The predicted molar refractivity (Wildman–Crippen MR) is 76.0 cm³/mol. The average molecular weight is 312 g/mol. The Morgan fingerprint density at radius 1 is 1.39 bits per heavy atom. The molecule has 1 aromatic rings. The van der Waals surface area contributed by atoms with E-state index in [1.807, 2.05) is 12.1 Å². The second-order valence-electron chi connectivity index (χ2n) is 4.56. The minimum atomic E-state index is 0.314. The molecule has 0 radical (unpaired) electrons. The highest BCUT2D eigenvalue weighted by Crippen LogP contribution is 2.37. The van der Waals surface area contributed by atoms with Gasteiger partial charge in [0.15, 0.2) is 11.5 Å². The fourth-order valence-electron chi connectivity index (χ4n) is 1.98. The minimum absolute atomic E-state index is 0.314. The molecule has 0 saturated carbocycles. The summed E-state index contributed by atoms with van der Waals surface area (Å²) >= 11 is 3.59. The van der Waals surface area contributed by atoms with Crippen LogP contribution in [0.3, 0.4) is 0 Å². The quantitative estimate of drug-likeness (QED) is 0.776. The van der Waals surface area contributed by atoms with Crippen LogP contribution in [0.4, 0.5) is 0 Å². The lowest BCUT2D eigenvalue weighted by atomic mass is 10.1. The van der Waals surface area contributed by atoms with E-state index in [2.05, 4.69) is 41.3 Å². The van der Waals surface area contributed by atoms with Crippen molar-refractivity contribution in [2.45, 2.75) is 20.4 Å². The molecule has 0 spiro atoms. The number of fused-ring (bicyclic) bond motifs is 1. The highest BCUT2D eigenvalue weighted by Gasteiger charge is 2.17. The number of hydrogen-bond acceptors (Lipinski definition) is 3. The summed E-state index contributed by atoms with van der Waals surface area (Å²) in [6.45, 7) is 11.3. The van der Waals surface area contributed by atoms with Crippen molar-refractivity contribution in [3.63, 3.8) is 0 Å². The van der Waals surface area contributed by atoms with Gasteiger partial charge in [0.1, 0.15) is 0 Å². The maximum Gasteiger partial charge on any atom is 0.231 e. The molecule has 0 aromatic heterocycles. The molecule has 1 aliphatic heterocycles. The molecule has 3 nitrogen and oxygen atoms in total. The van der Waals surface area contributed by atoms with E-state index in [4.69, 9.17) is 9.47 Å². The van der Waals surface area contributed by atoms with Gasteiger partial charge in [0.05, 0.1) is 0 Å². The SMILES string of the molecule is C=C(C)CN(CC)Cc1cc2c(cc1Br)OCO2. The molecule has 2 rings (SSSR count). The zero-order valence-electron chi connectivity index (χ0n) is 10.8. The Morgan fingerprint density at radius 2 is 2.06 bits per heavy atom. The molecule has 0 fully saturated rings. The van der Waals surface area contributed by atoms with Crippen LogP contribution in [-0.4, -0.2) is 24.8 Å². The van der Waals surface area contributed by atoms with E-state index in [1.54, 1.807) is 0 Å². The number of ether oxygens (including phenoxy) is 2. The lowest BCUT2D eigenvalue weighted by Gasteiger charge is -2.21. The summed E-state index contributed by atoms with van der Waals surface area (Å²) in [6.07, 6.45) is 0. The summed E-state index contributed by atoms with van der Waals surface area (Å²) in [5.74, 6) is 1.65. The summed E-state index contributed by atoms with van der Waals surface area (Å²) in [5.41, 5.74) is 2.39. The fraction of sp³-hybridized carbons (Fsp3) is 0.429. The largest absolute Gasteiger partial charge is 0.454 e. The van der Waals surface area contributed by atoms with Crippen molar-refractivity contribution in [3.05, 3.63) is 34.3 Å². The predicted octanol–water partition coefficient (Wildman–Crippen LogP) is 3.58. The van der Waals surface area contributed by atoms with Gasteiger partial charge in [0, 0.05) is 17.6 Å². The van der Waals surface area contributed by atoms with Crippen LogP contribution in [-0.2, 0) is 6.54 Å². The zero-order valence-corrected chi connectivity index (χ0v) is 12.4. The Bertz CT molecular complexity index is 459. The average Bonchev–Trinajstić information content (AvgIpc) is 2.74. The molecule has 0 N–H and O–H groups in total. The van der Waals surface area contributed by atoms with Gasteiger partial charge >= 0.3 is 0 Å². The van der Waals surface area contributed by atoms with Gasteiger partial charge in [-0.2, -0.15) is 0 Å². The molecule has 1 aromatic carbocycles. The molecule has 0 saturated heterocycles. The molecule has 0 atom stereocenters. The summed E-state index contributed by atoms with van der Waals surface area (Å²) in [4.78, 5) is 2.34. The van der Waals surface area contributed by atoms with Gasteiger partial charge in [0.25, 0.3) is 0 Å². The third kappa shape index (κ3) is 3.06. The molecular formula is C14H18BrNO2. The van der Waals surface area contributed by atoms with Crippen molar-refractivity contribution in [1.29, 1.82) is 0 Å². The van der Waals surface area contributed by atoms with Gasteiger partial charge in [-0.3, -0.25) is 4.90 Å². The maximum absolute atomic E-state index is 5.41. The second kappa shape index (κ2) is 5.76. The van der Waals surface area contributed by atoms with Gasteiger partial charge < -0.3 is 9.47 Å². The van der Waals surface area contributed by atoms with E-state index in [9.17, 15) is 0 Å². The molecule has 0 aliphatic carbocycles. The van der Waals surface area contributed by atoms with E-state index in [-0.39, 0.29) is 0 Å². The zero-order chi connectivity index (χ0) is 13.1. The first-order chi connectivity index (χ1) is 8.60. The van der Waals surface area contributed by atoms with Gasteiger partial charge in [-0.15, -0.1) is 0 Å². The van der Waals surface area contributed by atoms with E-state index < -0.39 is 0 Å². The number of halogens is 1. The Kier molecular flexibility index (Phi) is 4.30. The van der Waals surface area contributed by atoms with Crippen LogP contribution in [0.5, 0.6) is 11.5 Å². The van der Waals surface area contributed by atoms with Gasteiger partial charge in [-0.25, -0.2) is 0 Å². The summed E-state index contributed by atoms with van der Waals surface area (Å²) < 4.78 is 11.8. The maximum atomic E-state index is 5.41. The van der Waals surface area contributed by atoms with Crippen LogP contribution in [0, 0.1) is 0 Å². The van der Waals surface area contributed by atoms with Gasteiger partial charge in [-0.05, 0) is 31.2 Å². The third-order valence-corrected chi connectivity index (χ3v) is 3.61. The highest BCUT2D eigenvalue weighted by molar-refractivity contribution is 9.10. The number of likely N-dealkylation sites (N-methyl/N-ethyl adjacent to an activating group) is 1. The van der Waals surface area contributed by atoms with Crippen LogP contribution in [0.1, 0.15) is 19.4 Å². The standard InChI is InChI=1S/C14H18BrNO2/c1-4-16(7-10(2)3)8-11-5-13-14(6-12(11)15)18-9-17-13/h5-6H,2,4,7-9H2,1,3H3. The van der Waals surface area contributed by atoms with Crippen LogP contribution < -0.4 is 9.47 Å². The van der Waals surface area contributed by atoms with Crippen LogP contribution in [0.25, 0.3) is 0 Å². The van der Waals surface area contributed by atoms with Crippen molar-refractivity contribution in [2.24, 2.45) is 0 Å². The normalized spacial score (nSPS) is 13.1. The fourth-order valence-corrected chi connectivity index (χ4v) is 2.43. The molecule has 0 bridgehead atoms. The summed E-state index contributed by atoms with van der Waals surface area (Å²) in [7, 11) is 0. The van der Waals surface area contributed by atoms with Crippen molar-refractivity contribution < 1.29 is 9.47 Å². The van der Waals surface area contributed by atoms with E-state index in [0.29, 0.717) is 6.79 Å². The smallest absolute Gasteiger partial charge is 0.231 e. The van der Waals surface area contributed by atoms with Gasteiger partial charge in [-0.1, -0.05) is 35.0 Å². The number of hydrogen-bond donors (Lipinski definition) is 0.